The summed E-state index contributed by atoms with van der Waals surface area (Å²) in [6, 6.07) is 0. The van der Waals surface area contributed by atoms with Crippen molar-refractivity contribution in [3.05, 3.63) is 0 Å². The van der Waals surface area contributed by atoms with Gasteiger partial charge in [-0.3, -0.25) is 10.3 Å². The maximum absolute atomic E-state index is 7.02. The van der Waals surface area contributed by atoms with Crippen molar-refractivity contribution in [1.82, 2.24) is 4.90 Å². The van der Waals surface area contributed by atoms with Gasteiger partial charge in [-0.25, -0.2) is 0 Å². The molecule has 0 radical (unpaired) electrons. The number of nitrogens with two attached hydrogens (primary N) is 1. The largest absolute Gasteiger partial charge is 0.379 e. The van der Waals surface area contributed by atoms with Crippen molar-refractivity contribution in [2.75, 3.05) is 38.6 Å². The molecule has 1 heterocycles. The highest BCUT2D eigenvalue weighted by Crippen LogP contribution is 2.03. The van der Waals surface area contributed by atoms with Crippen molar-refractivity contribution in [3.8, 4) is 0 Å². The highest BCUT2D eigenvalue weighted by Gasteiger charge is 2.08. The smallest absolute Gasteiger partial charge is 0.151 e. The van der Waals surface area contributed by atoms with Crippen molar-refractivity contribution >= 4 is 16.9 Å². The molecule has 0 bridgehead atoms. The van der Waals surface area contributed by atoms with Crippen molar-refractivity contribution in [2.45, 2.75) is 6.42 Å². The zero-order valence-electron chi connectivity index (χ0n) is 7.79. The van der Waals surface area contributed by atoms with E-state index in [9.17, 15) is 0 Å². The van der Waals surface area contributed by atoms with E-state index < -0.39 is 0 Å². The molecule has 1 saturated heterocycles. The number of amidine groups is 1. The number of thioether (sulfide) groups is 1. The van der Waals surface area contributed by atoms with Gasteiger partial charge >= 0.3 is 0 Å². The summed E-state index contributed by atoms with van der Waals surface area (Å²) in [6.45, 7) is 4.92. The summed E-state index contributed by atoms with van der Waals surface area (Å²) in [4.78, 5) is 2.39. The van der Waals surface area contributed by atoms with Crippen LogP contribution in [0.1, 0.15) is 6.42 Å². The topological polar surface area (TPSA) is 62.3 Å². The summed E-state index contributed by atoms with van der Waals surface area (Å²) in [5.41, 5.74) is 5.22. The van der Waals surface area contributed by atoms with Gasteiger partial charge in [-0.2, -0.15) is 0 Å². The van der Waals surface area contributed by atoms with E-state index in [1.807, 2.05) is 0 Å². The van der Waals surface area contributed by atoms with Crippen LogP contribution in [0.15, 0.2) is 0 Å². The fourth-order valence-corrected chi connectivity index (χ4v) is 1.79. The zero-order valence-corrected chi connectivity index (χ0v) is 8.61. The van der Waals surface area contributed by atoms with Crippen molar-refractivity contribution in [3.63, 3.8) is 0 Å². The number of nitrogens with one attached hydrogen (secondary N) is 1. The summed E-state index contributed by atoms with van der Waals surface area (Å²) in [5, 5.41) is 7.25. The van der Waals surface area contributed by atoms with Crippen LogP contribution < -0.4 is 5.73 Å². The molecule has 0 aliphatic carbocycles. The van der Waals surface area contributed by atoms with Crippen LogP contribution in [0.2, 0.25) is 0 Å². The second-order valence-corrected chi connectivity index (χ2v) is 4.16. The van der Waals surface area contributed by atoms with Gasteiger partial charge in [0.05, 0.1) is 13.2 Å². The number of ether oxygens (including phenoxy) is 1. The van der Waals surface area contributed by atoms with Gasteiger partial charge < -0.3 is 10.5 Å². The fourth-order valence-electron chi connectivity index (χ4n) is 1.30. The van der Waals surface area contributed by atoms with E-state index in [4.69, 9.17) is 15.9 Å². The van der Waals surface area contributed by atoms with Crippen LogP contribution in [0.4, 0.5) is 0 Å². The van der Waals surface area contributed by atoms with Gasteiger partial charge in [0, 0.05) is 18.8 Å². The number of morpholine rings is 1. The Hall–Kier alpha value is -0.260. The highest BCUT2D eigenvalue weighted by molar-refractivity contribution is 8.13. The first-order chi connectivity index (χ1) is 6.29. The Labute approximate surface area is 83.3 Å². The Morgan fingerprint density at radius 2 is 2.15 bits per heavy atom. The minimum Gasteiger partial charge on any atom is -0.379 e. The summed E-state index contributed by atoms with van der Waals surface area (Å²) < 4.78 is 5.24. The summed E-state index contributed by atoms with van der Waals surface area (Å²) in [6.07, 6.45) is 1.10. The predicted octanol–water partition coefficient (Wildman–Crippen LogP) is 0.335. The minimum absolute atomic E-state index is 0.224. The number of nitrogens with zero attached hydrogens (tertiary/aromatic N) is 1. The van der Waals surface area contributed by atoms with Crippen LogP contribution in [-0.2, 0) is 4.74 Å². The molecule has 5 heteroatoms. The van der Waals surface area contributed by atoms with Crippen molar-refractivity contribution in [2.24, 2.45) is 5.73 Å². The van der Waals surface area contributed by atoms with Crippen LogP contribution in [0, 0.1) is 5.41 Å². The van der Waals surface area contributed by atoms with Crippen molar-refractivity contribution in [1.29, 1.82) is 5.41 Å². The first-order valence-electron chi connectivity index (χ1n) is 4.56. The molecule has 3 N–H and O–H groups in total. The lowest BCUT2D eigenvalue weighted by Crippen LogP contribution is -2.37. The number of hydrogen-bond acceptors (Lipinski definition) is 4. The number of rotatable bonds is 4. The molecule has 0 aromatic carbocycles. The number of hydrogen-bond donors (Lipinski definition) is 2. The molecular formula is C8H17N3OS. The average Bonchev–Trinajstić information content (AvgIpc) is 2.14. The van der Waals surface area contributed by atoms with Gasteiger partial charge in [0.25, 0.3) is 0 Å². The Bertz CT molecular complexity index is 159. The van der Waals surface area contributed by atoms with Crippen LogP contribution in [-0.4, -0.2) is 48.7 Å². The first kappa shape index (κ1) is 10.8. The lowest BCUT2D eigenvalue weighted by atomic mass is 10.4. The van der Waals surface area contributed by atoms with Gasteiger partial charge in [0.2, 0.25) is 0 Å². The molecule has 0 aromatic heterocycles. The highest BCUT2D eigenvalue weighted by atomic mass is 32.2. The third kappa shape index (κ3) is 5.13. The van der Waals surface area contributed by atoms with Gasteiger partial charge in [0.1, 0.15) is 0 Å². The Balaban J connectivity index is 1.95. The molecule has 1 aliphatic rings. The Morgan fingerprint density at radius 3 is 2.77 bits per heavy atom. The molecule has 1 fully saturated rings. The molecule has 0 amide bonds. The second kappa shape index (κ2) is 6.23. The molecule has 1 rings (SSSR count). The van der Waals surface area contributed by atoms with E-state index in [0.29, 0.717) is 0 Å². The SMILES string of the molecule is N=C(N)SCCCN1CCOCC1. The molecule has 0 unspecified atom stereocenters. The normalized spacial score (nSPS) is 18.8. The van der Waals surface area contributed by atoms with Gasteiger partial charge in [0.15, 0.2) is 5.17 Å². The maximum atomic E-state index is 7.02. The van der Waals surface area contributed by atoms with E-state index in [2.05, 4.69) is 4.90 Å². The van der Waals surface area contributed by atoms with E-state index in [0.717, 1.165) is 45.0 Å². The van der Waals surface area contributed by atoms with E-state index in [1.54, 1.807) is 0 Å². The van der Waals surface area contributed by atoms with Crippen LogP contribution in [0.25, 0.3) is 0 Å². The average molecular weight is 203 g/mol. The second-order valence-electron chi connectivity index (χ2n) is 3.02. The summed E-state index contributed by atoms with van der Waals surface area (Å²) in [5.74, 6) is 0.951. The molecule has 4 nitrogen and oxygen atoms in total. The Morgan fingerprint density at radius 1 is 1.46 bits per heavy atom. The van der Waals surface area contributed by atoms with Crippen LogP contribution in [0.5, 0.6) is 0 Å². The van der Waals surface area contributed by atoms with Crippen LogP contribution in [0.3, 0.4) is 0 Å². The monoisotopic (exact) mass is 203 g/mol. The van der Waals surface area contributed by atoms with E-state index in [-0.39, 0.29) is 5.17 Å². The molecule has 76 valence electrons. The summed E-state index contributed by atoms with van der Waals surface area (Å²) in [7, 11) is 0. The lowest BCUT2D eigenvalue weighted by Gasteiger charge is -2.26. The van der Waals surface area contributed by atoms with Gasteiger partial charge in [-0.1, -0.05) is 11.8 Å². The van der Waals surface area contributed by atoms with Gasteiger partial charge in [-0.15, -0.1) is 0 Å². The third-order valence-electron chi connectivity index (χ3n) is 1.98. The molecule has 0 atom stereocenters. The molecule has 1 aliphatic heterocycles. The minimum atomic E-state index is 0.224. The molecular weight excluding hydrogens is 186 g/mol. The predicted molar refractivity (Wildman–Crippen MR) is 56.2 cm³/mol. The summed E-state index contributed by atoms with van der Waals surface area (Å²) >= 11 is 1.42. The van der Waals surface area contributed by atoms with E-state index in [1.165, 1.54) is 11.8 Å². The molecule has 0 spiro atoms. The van der Waals surface area contributed by atoms with Crippen molar-refractivity contribution < 1.29 is 4.74 Å². The zero-order chi connectivity index (χ0) is 9.52. The Kier molecular flexibility index (Phi) is 5.19. The fraction of sp³-hybridized carbons (Fsp3) is 0.875. The van der Waals surface area contributed by atoms with Crippen LogP contribution >= 0.6 is 11.8 Å². The van der Waals surface area contributed by atoms with E-state index >= 15 is 0 Å². The molecule has 0 saturated carbocycles. The molecule has 0 aromatic rings. The molecule has 13 heavy (non-hydrogen) atoms. The first-order valence-corrected chi connectivity index (χ1v) is 5.54. The lowest BCUT2D eigenvalue weighted by molar-refractivity contribution is 0.0381. The quantitative estimate of drug-likeness (QED) is 0.393. The standard InChI is InChI=1S/C8H17N3OS/c9-8(10)13-7-1-2-11-3-5-12-6-4-11/h1-7H2,(H3,9,10). The maximum Gasteiger partial charge on any atom is 0.151 e. The third-order valence-corrected chi connectivity index (χ3v) is 2.78. The van der Waals surface area contributed by atoms with Gasteiger partial charge in [-0.05, 0) is 13.0 Å².